The quantitative estimate of drug-likeness (QED) is 0.802. The Kier molecular flexibility index (Phi) is 2.92. The Hall–Kier alpha value is -1.34. The fraction of sp³-hybridized carbons (Fsp3) is 0.143. The molecule has 0 unspecified atom stereocenters. The minimum Gasteiger partial charge on any atom is -0.497 e. The molecule has 0 heterocycles. The molecule has 14 heavy (non-hydrogen) atoms. The van der Waals surface area contributed by atoms with E-state index in [4.69, 9.17) is 4.74 Å². The summed E-state index contributed by atoms with van der Waals surface area (Å²) >= 11 is 0. The first kappa shape index (κ1) is 10.7. The third kappa shape index (κ3) is 2.86. The van der Waals surface area contributed by atoms with Gasteiger partial charge in [-0.1, -0.05) is 0 Å². The lowest BCUT2D eigenvalue weighted by molar-refractivity contribution is 0.406. The highest BCUT2D eigenvalue weighted by Gasteiger charge is 2.10. The molecular weight excluding hydrogens is 213 g/mol. The molecule has 0 atom stereocenters. The molecule has 0 aliphatic rings. The van der Waals surface area contributed by atoms with Gasteiger partial charge in [0, 0.05) is 6.07 Å². The summed E-state index contributed by atoms with van der Waals surface area (Å²) in [6, 6.07) is 3.45. The molecule has 0 aliphatic heterocycles. The summed E-state index contributed by atoms with van der Waals surface area (Å²) in [5.74, 6) is -1.07. The van der Waals surface area contributed by atoms with Gasteiger partial charge in [-0.05, 0) is 12.1 Å². The van der Waals surface area contributed by atoms with E-state index >= 15 is 0 Å². The predicted molar refractivity (Wildman–Crippen MR) is 46.7 cm³/mol. The summed E-state index contributed by atoms with van der Waals surface area (Å²) in [4.78, 5) is 0. The Labute approximate surface area is 80.5 Å². The van der Waals surface area contributed by atoms with Crippen LogP contribution in [0.2, 0.25) is 0 Å². The van der Waals surface area contributed by atoms with E-state index in [0.29, 0.717) is 0 Å². The molecule has 2 N–H and O–H groups in total. The maximum atomic E-state index is 13.0. The van der Waals surface area contributed by atoms with Gasteiger partial charge < -0.3 is 8.92 Å². The Balaban J connectivity index is 3.01. The number of hydrogen-bond acceptors (Lipinski definition) is 4. The molecule has 0 spiro atoms. The van der Waals surface area contributed by atoms with Crippen molar-refractivity contribution in [1.82, 2.24) is 0 Å². The van der Waals surface area contributed by atoms with E-state index in [9.17, 15) is 12.8 Å². The van der Waals surface area contributed by atoms with Crippen LogP contribution in [0.4, 0.5) is 4.39 Å². The topological polar surface area (TPSA) is 78.6 Å². The smallest absolute Gasteiger partial charge is 0.380 e. The second-order valence-electron chi connectivity index (χ2n) is 2.37. The van der Waals surface area contributed by atoms with Crippen LogP contribution in [0.15, 0.2) is 18.2 Å². The number of rotatable bonds is 3. The first-order valence-corrected chi connectivity index (χ1v) is 4.95. The van der Waals surface area contributed by atoms with Crippen LogP contribution >= 0.6 is 0 Å². The van der Waals surface area contributed by atoms with Gasteiger partial charge >= 0.3 is 10.3 Å². The average molecular weight is 221 g/mol. The molecule has 1 aromatic rings. The normalized spacial score (nSPS) is 11.1. The third-order valence-corrected chi connectivity index (χ3v) is 1.76. The van der Waals surface area contributed by atoms with E-state index < -0.39 is 21.9 Å². The molecule has 0 radical (unpaired) electrons. The zero-order valence-corrected chi connectivity index (χ0v) is 8.05. The molecule has 0 saturated carbocycles. The summed E-state index contributed by atoms with van der Waals surface area (Å²) in [7, 11) is -2.84. The van der Waals surface area contributed by atoms with Crippen molar-refractivity contribution in [2.24, 2.45) is 5.14 Å². The van der Waals surface area contributed by atoms with Gasteiger partial charge in [-0.15, -0.1) is 0 Å². The molecule has 1 rings (SSSR count). The van der Waals surface area contributed by atoms with Crippen LogP contribution < -0.4 is 14.1 Å². The monoisotopic (exact) mass is 221 g/mol. The van der Waals surface area contributed by atoms with E-state index in [1.165, 1.54) is 13.2 Å². The summed E-state index contributed by atoms with van der Waals surface area (Å²) in [5.41, 5.74) is 0. The van der Waals surface area contributed by atoms with E-state index in [1.807, 2.05) is 0 Å². The van der Waals surface area contributed by atoms with Gasteiger partial charge in [0.25, 0.3) is 0 Å². The van der Waals surface area contributed by atoms with E-state index in [2.05, 4.69) is 9.32 Å². The molecule has 78 valence electrons. The SMILES string of the molecule is COc1ccc(OS(N)(=O)=O)c(F)c1. The number of methoxy groups -OCH3 is 1. The lowest BCUT2D eigenvalue weighted by Gasteiger charge is -2.04. The molecule has 1 aromatic carbocycles. The van der Waals surface area contributed by atoms with E-state index in [0.717, 1.165) is 12.1 Å². The molecule has 0 bridgehead atoms. The maximum Gasteiger partial charge on any atom is 0.380 e. The van der Waals surface area contributed by atoms with Gasteiger partial charge in [0.05, 0.1) is 7.11 Å². The molecular formula is C7H8FNO4S. The third-order valence-electron chi connectivity index (χ3n) is 1.34. The van der Waals surface area contributed by atoms with Crippen molar-refractivity contribution in [1.29, 1.82) is 0 Å². The second kappa shape index (κ2) is 3.81. The molecule has 0 aromatic heterocycles. The van der Waals surface area contributed by atoms with Crippen LogP contribution in [-0.4, -0.2) is 15.5 Å². The Bertz CT molecular complexity index is 431. The fourth-order valence-corrected chi connectivity index (χ4v) is 1.19. The highest BCUT2D eigenvalue weighted by molar-refractivity contribution is 7.84. The largest absolute Gasteiger partial charge is 0.497 e. The average Bonchev–Trinajstić information content (AvgIpc) is 2.06. The molecule has 0 amide bonds. The summed E-state index contributed by atoms with van der Waals surface area (Å²) in [5, 5.41) is 4.56. The first-order chi connectivity index (χ1) is 6.42. The number of nitrogens with two attached hydrogens (primary N) is 1. The standard InChI is InChI=1S/C7H8FNO4S/c1-12-5-2-3-7(6(8)4-5)13-14(9,10)11/h2-4H,1H3,(H2,9,10,11). The Morgan fingerprint density at radius 1 is 1.43 bits per heavy atom. The van der Waals surface area contributed by atoms with Crippen molar-refractivity contribution in [3.05, 3.63) is 24.0 Å². The van der Waals surface area contributed by atoms with Crippen molar-refractivity contribution in [3.63, 3.8) is 0 Å². The minimum atomic E-state index is -4.20. The molecule has 5 nitrogen and oxygen atoms in total. The van der Waals surface area contributed by atoms with Crippen molar-refractivity contribution < 1.29 is 21.7 Å². The van der Waals surface area contributed by atoms with Crippen LogP contribution in [0.5, 0.6) is 11.5 Å². The number of ether oxygens (including phenoxy) is 1. The highest BCUT2D eigenvalue weighted by atomic mass is 32.2. The minimum absolute atomic E-state index is 0.254. The second-order valence-corrected chi connectivity index (χ2v) is 3.52. The summed E-state index contributed by atoms with van der Waals surface area (Å²) in [6.07, 6.45) is 0. The van der Waals surface area contributed by atoms with Gasteiger partial charge in [-0.25, -0.2) is 4.39 Å². The molecule has 0 fully saturated rings. The van der Waals surface area contributed by atoms with Crippen molar-refractivity contribution in [2.75, 3.05) is 7.11 Å². The van der Waals surface area contributed by atoms with Crippen LogP contribution in [-0.2, 0) is 10.3 Å². The van der Waals surface area contributed by atoms with Crippen LogP contribution in [0.25, 0.3) is 0 Å². The van der Waals surface area contributed by atoms with E-state index in [1.54, 1.807) is 0 Å². The number of hydrogen-bond donors (Lipinski definition) is 1. The van der Waals surface area contributed by atoms with E-state index in [-0.39, 0.29) is 5.75 Å². The molecule has 0 saturated heterocycles. The first-order valence-electron chi connectivity index (χ1n) is 3.48. The molecule has 0 aliphatic carbocycles. The fourth-order valence-electron chi connectivity index (χ4n) is 0.801. The maximum absolute atomic E-state index is 13.0. The zero-order valence-electron chi connectivity index (χ0n) is 7.23. The van der Waals surface area contributed by atoms with Crippen molar-refractivity contribution >= 4 is 10.3 Å². The van der Waals surface area contributed by atoms with Gasteiger partial charge in [0.15, 0.2) is 11.6 Å². The summed E-state index contributed by atoms with van der Waals surface area (Å²) < 4.78 is 42.8. The van der Waals surface area contributed by atoms with Crippen molar-refractivity contribution in [3.8, 4) is 11.5 Å². The summed E-state index contributed by atoms with van der Waals surface area (Å²) in [6.45, 7) is 0. The molecule has 7 heteroatoms. The Morgan fingerprint density at radius 3 is 2.50 bits per heavy atom. The predicted octanol–water partition coefficient (Wildman–Crippen LogP) is 0.417. The van der Waals surface area contributed by atoms with Gasteiger partial charge in [0.1, 0.15) is 5.75 Å². The highest BCUT2D eigenvalue weighted by Crippen LogP contribution is 2.22. The van der Waals surface area contributed by atoms with Crippen molar-refractivity contribution in [2.45, 2.75) is 0 Å². The van der Waals surface area contributed by atoms with Crippen LogP contribution in [0.3, 0.4) is 0 Å². The van der Waals surface area contributed by atoms with Gasteiger partial charge in [-0.2, -0.15) is 13.6 Å². The van der Waals surface area contributed by atoms with Crippen LogP contribution in [0, 0.1) is 5.82 Å². The number of benzene rings is 1. The lowest BCUT2D eigenvalue weighted by atomic mass is 10.3. The lowest BCUT2D eigenvalue weighted by Crippen LogP contribution is -2.19. The zero-order chi connectivity index (χ0) is 10.8. The van der Waals surface area contributed by atoms with Gasteiger partial charge in [-0.3, -0.25) is 0 Å². The van der Waals surface area contributed by atoms with Crippen LogP contribution in [0.1, 0.15) is 0 Å². The van der Waals surface area contributed by atoms with Gasteiger partial charge in [0.2, 0.25) is 0 Å². The number of halogens is 1. The Morgan fingerprint density at radius 2 is 2.07 bits per heavy atom.